The van der Waals surface area contributed by atoms with Crippen LogP contribution in [-0.2, 0) is 0 Å². The molecule has 0 aromatic heterocycles. The second-order valence-corrected chi connectivity index (χ2v) is 6.16. The maximum absolute atomic E-state index is 10.7. The van der Waals surface area contributed by atoms with Gasteiger partial charge < -0.3 is 10.0 Å². The summed E-state index contributed by atoms with van der Waals surface area (Å²) in [5.41, 5.74) is 3.37. The first kappa shape index (κ1) is 18.0. The van der Waals surface area contributed by atoms with Gasteiger partial charge in [-0.25, -0.2) is 0 Å². The molecule has 2 aromatic rings. The molecule has 3 rings (SSSR count). The first-order valence-corrected chi connectivity index (χ1v) is 8.39. The highest BCUT2D eigenvalue weighted by atomic mass is 35.5. The van der Waals surface area contributed by atoms with E-state index in [1.165, 1.54) is 37.9 Å². The van der Waals surface area contributed by atoms with Crippen molar-refractivity contribution in [2.75, 3.05) is 19.6 Å². The van der Waals surface area contributed by atoms with Gasteiger partial charge in [0.05, 0.1) is 6.10 Å². The minimum Gasteiger partial charge on any atom is -0.388 e. The number of nitrogens with zero attached hydrogens (tertiary/aromatic N) is 1. The predicted molar refractivity (Wildman–Crippen MR) is 99.0 cm³/mol. The number of halogens is 1. The maximum atomic E-state index is 10.7. The molecule has 0 amide bonds. The van der Waals surface area contributed by atoms with E-state index in [0.717, 1.165) is 24.1 Å². The Bertz CT molecular complexity index is 581. The average molecular weight is 332 g/mol. The van der Waals surface area contributed by atoms with Crippen LogP contribution in [0.2, 0.25) is 0 Å². The monoisotopic (exact) mass is 331 g/mol. The van der Waals surface area contributed by atoms with Crippen molar-refractivity contribution in [1.29, 1.82) is 0 Å². The lowest BCUT2D eigenvalue weighted by molar-refractivity contribution is 0.134. The van der Waals surface area contributed by atoms with Gasteiger partial charge in [0.2, 0.25) is 0 Å². The molecule has 1 N–H and O–H groups in total. The lowest BCUT2D eigenvalue weighted by atomic mass is 9.94. The molecule has 1 aliphatic rings. The normalized spacial score (nSPS) is 16.6. The molecule has 1 aliphatic heterocycles. The molecular formula is C20H26ClNO. The van der Waals surface area contributed by atoms with Crippen molar-refractivity contribution in [2.45, 2.75) is 31.8 Å². The average Bonchev–Trinajstić information content (AvgIpc) is 2.61. The number of rotatable bonds is 5. The van der Waals surface area contributed by atoms with Crippen molar-refractivity contribution in [1.82, 2.24) is 4.90 Å². The first-order chi connectivity index (χ1) is 10.8. The van der Waals surface area contributed by atoms with Gasteiger partial charge in [0, 0.05) is 6.54 Å². The predicted octanol–water partition coefficient (Wildman–Crippen LogP) is 4.68. The Morgan fingerprint density at radius 2 is 1.52 bits per heavy atom. The minimum atomic E-state index is -0.390. The molecule has 0 saturated carbocycles. The number of aliphatic hydroxyl groups is 1. The molecule has 1 heterocycles. The van der Waals surface area contributed by atoms with Gasteiger partial charge in [-0.1, -0.05) is 61.0 Å². The molecule has 2 nitrogen and oxygen atoms in total. The topological polar surface area (TPSA) is 23.5 Å². The van der Waals surface area contributed by atoms with Gasteiger partial charge in [-0.15, -0.1) is 12.4 Å². The van der Waals surface area contributed by atoms with Crippen LogP contribution in [-0.4, -0.2) is 29.6 Å². The van der Waals surface area contributed by atoms with E-state index in [9.17, 15) is 5.11 Å². The second kappa shape index (κ2) is 9.07. The van der Waals surface area contributed by atoms with Gasteiger partial charge in [-0.2, -0.15) is 0 Å². The van der Waals surface area contributed by atoms with Crippen molar-refractivity contribution in [3.63, 3.8) is 0 Å². The molecule has 1 atom stereocenters. The number of piperidine rings is 1. The van der Waals surface area contributed by atoms with E-state index in [2.05, 4.69) is 29.2 Å². The molecule has 1 saturated heterocycles. The van der Waals surface area contributed by atoms with E-state index >= 15 is 0 Å². The molecule has 124 valence electrons. The zero-order chi connectivity index (χ0) is 15.2. The van der Waals surface area contributed by atoms with Crippen LogP contribution in [0, 0.1) is 0 Å². The summed E-state index contributed by atoms with van der Waals surface area (Å²) in [7, 11) is 0. The standard InChI is InChI=1S/C20H25NO.ClH/c22-20(13-16-21-14-7-2-8-15-21)19-12-6-5-11-18(19)17-9-3-1-4-10-17;/h1,3-6,9-12,20,22H,2,7-8,13-16H2;1H. The Kier molecular flexibility index (Phi) is 7.10. The summed E-state index contributed by atoms with van der Waals surface area (Å²) in [6.45, 7) is 3.37. The Morgan fingerprint density at radius 1 is 0.870 bits per heavy atom. The molecule has 0 aliphatic carbocycles. The molecule has 23 heavy (non-hydrogen) atoms. The fraction of sp³-hybridized carbons (Fsp3) is 0.400. The molecule has 0 bridgehead atoms. The lowest BCUT2D eigenvalue weighted by Crippen LogP contribution is -2.31. The van der Waals surface area contributed by atoms with Crippen LogP contribution in [0.3, 0.4) is 0 Å². The molecule has 3 heteroatoms. The fourth-order valence-corrected chi connectivity index (χ4v) is 3.31. The van der Waals surface area contributed by atoms with Gasteiger partial charge in [0.1, 0.15) is 0 Å². The Morgan fingerprint density at radius 3 is 2.26 bits per heavy atom. The molecule has 1 unspecified atom stereocenters. The summed E-state index contributed by atoms with van der Waals surface area (Å²) in [5.74, 6) is 0. The van der Waals surface area contributed by atoms with Gasteiger partial charge in [0.15, 0.2) is 0 Å². The first-order valence-electron chi connectivity index (χ1n) is 8.39. The zero-order valence-corrected chi connectivity index (χ0v) is 14.3. The molecule has 0 radical (unpaired) electrons. The Labute approximate surface area is 145 Å². The number of likely N-dealkylation sites (tertiary alicyclic amines) is 1. The highest BCUT2D eigenvalue weighted by Crippen LogP contribution is 2.29. The van der Waals surface area contributed by atoms with Gasteiger partial charge >= 0.3 is 0 Å². The van der Waals surface area contributed by atoms with Gasteiger partial charge in [-0.3, -0.25) is 0 Å². The maximum Gasteiger partial charge on any atom is 0.0808 e. The number of hydrogen-bond acceptors (Lipinski definition) is 2. The van der Waals surface area contributed by atoms with Gasteiger partial charge in [0.25, 0.3) is 0 Å². The van der Waals surface area contributed by atoms with E-state index in [1.807, 2.05) is 30.3 Å². The molecule has 0 spiro atoms. The van der Waals surface area contributed by atoms with E-state index in [4.69, 9.17) is 0 Å². The van der Waals surface area contributed by atoms with Crippen molar-refractivity contribution in [3.05, 3.63) is 60.2 Å². The SMILES string of the molecule is Cl.OC(CCN1CCCCC1)c1ccccc1-c1ccccc1. The fourth-order valence-electron chi connectivity index (χ4n) is 3.31. The molecule has 2 aromatic carbocycles. The number of aliphatic hydroxyl groups excluding tert-OH is 1. The van der Waals surface area contributed by atoms with E-state index < -0.39 is 6.10 Å². The Hall–Kier alpha value is -1.35. The second-order valence-electron chi connectivity index (χ2n) is 6.16. The van der Waals surface area contributed by atoms with Crippen LogP contribution in [0.25, 0.3) is 11.1 Å². The summed E-state index contributed by atoms with van der Waals surface area (Å²) in [5, 5.41) is 10.7. The Balaban J connectivity index is 0.00000192. The molecule has 1 fully saturated rings. The van der Waals surface area contributed by atoms with Crippen LogP contribution in [0.4, 0.5) is 0 Å². The quantitative estimate of drug-likeness (QED) is 0.859. The van der Waals surface area contributed by atoms with Crippen LogP contribution < -0.4 is 0 Å². The van der Waals surface area contributed by atoms with Crippen LogP contribution >= 0.6 is 12.4 Å². The number of benzene rings is 2. The summed E-state index contributed by atoms with van der Waals surface area (Å²) in [4.78, 5) is 2.48. The number of hydrogen-bond donors (Lipinski definition) is 1. The van der Waals surface area contributed by atoms with E-state index in [-0.39, 0.29) is 12.4 Å². The summed E-state index contributed by atoms with van der Waals surface area (Å²) in [6.07, 6.45) is 4.38. The third kappa shape index (κ3) is 4.81. The molecular weight excluding hydrogens is 306 g/mol. The smallest absolute Gasteiger partial charge is 0.0808 e. The summed E-state index contributed by atoms with van der Waals surface area (Å²) < 4.78 is 0. The lowest BCUT2D eigenvalue weighted by Gasteiger charge is -2.27. The van der Waals surface area contributed by atoms with Crippen molar-refractivity contribution in [3.8, 4) is 11.1 Å². The van der Waals surface area contributed by atoms with E-state index in [1.54, 1.807) is 0 Å². The summed E-state index contributed by atoms with van der Waals surface area (Å²) >= 11 is 0. The minimum absolute atomic E-state index is 0. The van der Waals surface area contributed by atoms with Crippen molar-refractivity contribution in [2.24, 2.45) is 0 Å². The van der Waals surface area contributed by atoms with Crippen LogP contribution in [0.15, 0.2) is 54.6 Å². The van der Waals surface area contributed by atoms with E-state index in [0.29, 0.717) is 0 Å². The van der Waals surface area contributed by atoms with Crippen LogP contribution in [0.1, 0.15) is 37.4 Å². The highest BCUT2D eigenvalue weighted by Gasteiger charge is 2.16. The van der Waals surface area contributed by atoms with Crippen LogP contribution in [0.5, 0.6) is 0 Å². The van der Waals surface area contributed by atoms with Gasteiger partial charge in [-0.05, 0) is 49.0 Å². The zero-order valence-electron chi connectivity index (χ0n) is 13.5. The highest BCUT2D eigenvalue weighted by molar-refractivity contribution is 5.85. The summed E-state index contributed by atoms with van der Waals surface area (Å²) in [6, 6.07) is 18.6. The van der Waals surface area contributed by atoms with Crippen molar-refractivity contribution >= 4 is 12.4 Å². The third-order valence-electron chi connectivity index (χ3n) is 4.57. The largest absolute Gasteiger partial charge is 0.388 e. The van der Waals surface area contributed by atoms with Crippen molar-refractivity contribution < 1.29 is 5.11 Å². The third-order valence-corrected chi connectivity index (χ3v) is 4.57.